The van der Waals surface area contributed by atoms with Gasteiger partial charge >= 0.3 is 0 Å². The minimum atomic E-state index is -3.61. The zero-order chi connectivity index (χ0) is 15.6. The van der Waals surface area contributed by atoms with Gasteiger partial charge in [-0.15, -0.1) is 0 Å². The van der Waals surface area contributed by atoms with Crippen LogP contribution in [0.5, 0.6) is 0 Å². The van der Waals surface area contributed by atoms with Gasteiger partial charge in [0.05, 0.1) is 4.90 Å². The van der Waals surface area contributed by atoms with Crippen molar-refractivity contribution in [3.63, 3.8) is 0 Å². The van der Waals surface area contributed by atoms with Gasteiger partial charge in [-0.1, -0.05) is 29.8 Å². The van der Waals surface area contributed by atoms with Gasteiger partial charge in [0.25, 0.3) is 0 Å². The van der Waals surface area contributed by atoms with Crippen LogP contribution in [0.25, 0.3) is 0 Å². The number of hydrogen-bond donors (Lipinski definition) is 1. The minimum Gasteiger partial charge on any atom is -0.399 e. The Balaban J connectivity index is 2.36. The number of benzene rings is 2. The Morgan fingerprint density at radius 3 is 2.43 bits per heavy atom. The van der Waals surface area contributed by atoms with Crippen molar-refractivity contribution in [1.82, 2.24) is 4.31 Å². The number of sulfonamides is 1. The molecule has 2 aromatic carbocycles. The third-order valence-electron chi connectivity index (χ3n) is 3.41. The van der Waals surface area contributed by atoms with Crippen molar-refractivity contribution in [3.8, 4) is 0 Å². The SMILES string of the molecule is CC(c1cccc(Cl)c1)N(C)S(=O)(=O)c1cccc(N)c1. The molecule has 112 valence electrons. The smallest absolute Gasteiger partial charge is 0.243 e. The topological polar surface area (TPSA) is 63.4 Å². The third-order valence-corrected chi connectivity index (χ3v) is 5.57. The zero-order valence-electron chi connectivity index (χ0n) is 11.8. The molecule has 2 aromatic rings. The van der Waals surface area contributed by atoms with Crippen LogP contribution in [0.4, 0.5) is 5.69 Å². The van der Waals surface area contributed by atoms with Crippen LogP contribution >= 0.6 is 11.6 Å². The number of hydrogen-bond acceptors (Lipinski definition) is 3. The molecule has 1 atom stereocenters. The average molecular weight is 325 g/mol. The molecule has 2 rings (SSSR count). The molecule has 4 nitrogen and oxygen atoms in total. The maximum absolute atomic E-state index is 12.6. The average Bonchev–Trinajstić information content (AvgIpc) is 2.45. The molecule has 0 aromatic heterocycles. The van der Waals surface area contributed by atoms with Crippen LogP contribution in [0.15, 0.2) is 53.4 Å². The lowest BCUT2D eigenvalue weighted by molar-refractivity contribution is 0.398. The lowest BCUT2D eigenvalue weighted by Crippen LogP contribution is -2.29. The first-order valence-corrected chi connectivity index (χ1v) is 8.23. The summed E-state index contributed by atoms with van der Waals surface area (Å²) in [5.74, 6) is 0. The summed E-state index contributed by atoms with van der Waals surface area (Å²) in [6, 6.07) is 13.1. The summed E-state index contributed by atoms with van der Waals surface area (Å²) in [6.07, 6.45) is 0. The van der Waals surface area contributed by atoms with E-state index >= 15 is 0 Å². The fourth-order valence-corrected chi connectivity index (χ4v) is 3.63. The minimum absolute atomic E-state index is 0.180. The summed E-state index contributed by atoms with van der Waals surface area (Å²) in [4.78, 5) is 0.180. The molecule has 0 heterocycles. The van der Waals surface area contributed by atoms with Crippen LogP contribution in [-0.4, -0.2) is 19.8 Å². The summed E-state index contributed by atoms with van der Waals surface area (Å²) in [5, 5.41) is 0.578. The van der Waals surface area contributed by atoms with Crippen LogP contribution in [0.3, 0.4) is 0 Å². The molecule has 0 spiro atoms. The highest BCUT2D eigenvalue weighted by atomic mass is 35.5. The highest BCUT2D eigenvalue weighted by Gasteiger charge is 2.26. The van der Waals surface area contributed by atoms with Crippen LogP contribution in [0.1, 0.15) is 18.5 Å². The summed E-state index contributed by atoms with van der Waals surface area (Å²) < 4.78 is 26.6. The van der Waals surface area contributed by atoms with Gasteiger partial charge in [0, 0.05) is 23.8 Å². The number of rotatable bonds is 4. The Kier molecular flexibility index (Phi) is 4.56. The van der Waals surface area contributed by atoms with Gasteiger partial charge in [-0.05, 0) is 42.8 Å². The van der Waals surface area contributed by atoms with Crippen molar-refractivity contribution in [2.24, 2.45) is 0 Å². The van der Waals surface area contributed by atoms with Gasteiger partial charge < -0.3 is 5.73 Å². The van der Waals surface area contributed by atoms with E-state index in [1.165, 1.54) is 16.4 Å². The van der Waals surface area contributed by atoms with Gasteiger partial charge in [0.2, 0.25) is 10.0 Å². The van der Waals surface area contributed by atoms with Gasteiger partial charge in [-0.25, -0.2) is 8.42 Å². The summed E-state index contributed by atoms with van der Waals surface area (Å²) in [5.41, 5.74) is 6.91. The molecule has 0 aliphatic rings. The van der Waals surface area contributed by atoms with Crippen LogP contribution in [-0.2, 0) is 10.0 Å². The number of halogens is 1. The van der Waals surface area contributed by atoms with E-state index < -0.39 is 10.0 Å². The Morgan fingerprint density at radius 1 is 1.14 bits per heavy atom. The molecule has 0 bridgehead atoms. The lowest BCUT2D eigenvalue weighted by Gasteiger charge is -2.25. The molecule has 2 N–H and O–H groups in total. The second-order valence-electron chi connectivity index (χ2n) is 4.82. The molecular formula is C15H17ClN2O2S. The monoisotopic (exact) mass is 324 g/mol. The molecule has 1 unspecified atom stereocenters. The lowest BCUT2D eigenvalue weighted by atomic mass is 10.1. The van der Waals surface area contributed by atoms with E-state index in [4.69, 9.17) is 17.3 Å². The van der Waals surface area contributed by atoms with E-state index in [2.05, 4.69) is 0 Å². The van der Waals surface area contributed by atoms with Crippen molar-refractivity contribution in [2.45, 2.75) is 17.9 Å². The predicted octanol–water partition coefficient (Wildman–Crippen LogP) is 3.30. The van der Waals surface area contributed by atoms with E-state index in [1.54, 1.807) is 37.4 Å². The largest absolute Gasteiger partial charge is 0.399 e. The Labute approximate surface area is 130 Å². The quantitative estimate of drug-likeness (QED) is 0.878. The van der Waals surface area contributed by atoms with E-state index in [1.807, 2.05) is 13.0 Å². The summed E-state index contributed by atoms with van der Waals surface area (Å²) in [7, 11) is -2.07. The van der Waals surface area contributed by atoms with Crippen LogP contribution < -0.4 is 5.73 Å². The molecule has 6 heteroatoms. The molecule has 0 amide bonds. The fraction of sp³-hybridized carbons (Fsp3) is 0.200. The van der Waals surface area contributed by atoms with Crippen molar-refractivity contribution in [3.05, 3.63) is 59.1 Å². The van der Waals surface area contributed by atoms with Crippen molar-refractivity contribution < 1.29 is 8.42 Å². The normalized spacial score (nSPS) is 13.3. The van der Waals surface area contributed by atoms with Gasteiger partial charge in [-0.3, -0.25) is 0 Å². The molecule has 0 saturated carbocycles. The summed E-state index contributed by atoms with van der Waals surface area (Å²) in [6.45, 7) is 1.81. The maximum atomic E-state index is 12.6. The first kappa shape index (κ1) is 15.8. The Hall–Kier alpha value is -1.56. The number of nitrogen functional groups attached to an aromatic ring is 1. The maximum Gasteiger partial charge on any atom is 0.243 e. The van der Waals surface area contributed by atoms with Crippen molar-refractivity contribution >= 4 is 27.3 Å². The molecule has 21 heavy (non-hydrogen) atoms. The second-order valence-corrected chi connectivity index (χ2v) is 7.26. The third kappa shape index (κ3) is 3.37. The standard InChI is InChI=1S/C15H17ClN2O2S/c1-11(12-5-3-6-13(16)9-12)18(2)21(19,20)15-8-4-7-14(17)10-15/h3-11H,17H2,1-2H3. The van der Waals surface area contributed by atoms with E-state index in [-0.39, 0.29) is 10.9 Å². The van der Waals surface area contributed by atoms with E-state index in [9.17, 15) is 8.42 Å². The first-order valence-electron chi connectivity index (χ1n) is 6.41. The second kappa shape index (κ2) is 6.05. The number of anilines is 1. The highest BCUT2D eigenvalue weighted by Crippen LogP contribution is 2.27. The van der Waals surface area contributed by atoms with Crippen LogP contribution in [0.2, 0.25) is 5.02 Å². The van der Waals surface area contributed by atoms with Gasteiger partial charge in [0.15, 0.2) is 0 Å². The van der Waals surface area contributed by atoms with E-state index in [0.717, 1.165) is 5.56 Å². The number of nitrogens with two attached hydrogens (primary N) is 1. The zero-order valence-corrected chi connectivity index (χ0v) is 13.4. The first-order chi connectivity index (χ1) is 9.82. The molecule has 0 saturated heterocycles. The van der Waals surface area contributed by atoms with E-state index in [0.29, 0.717) is 10.7 Å². The van der Waals surface area contributed by atoms with Crippen LogP contribution in [0, 0.1) is 0 Å². The predicted molar refractivity (Wildman–Crippen MR) is 85.7 cm³/mol. The fourth-order valence-electron chi connectivity index (χ4n) is 2.03. The van der Waals surface area contributed by atoms with Gasteiger partial charge in [0.1, 0.15) is 0 Å². The van der Waals surface area contributed by atoms with Crippen molar-refractivity contribution in [2.75, 3.05) is 12.8 Å². The Morgan fingerprint density at radius 2 is 1.81 bits per heavy atom. The number of nitrogens with zero attached hydrogens (tertiary/aromatic N) is 1. The van der Waals surface area contributed by atoms with Gasteiger partial charge in [-0.2, -0.15) is 4.31 Å². The molecule has 0 aliphatic heterocycles. The molecule has 0 fully saturated rings. The highest BCUT2D eigenvalue weighted by molar-refractivity contribution is 7.89. The molecule has 0 aliphatic carbocycles. The Bertz CT molecular complexity index is 747. The van der Waals surface area contributed by atoms with Crippen molar-refractivity contribution in [1.29, 1.82) is 0 Å². The molecular weight excluding hydrogens is 308 g/mol. The summed E-state index contributed by atoms with van der Waals surface area (Å²) >= 11 is 5.96. The molecule has 0 radical (unpaired) electrons.